The monoisotopic (exact) mass is 292 g/mol. The Balaban J connectivity index is 2.31. The molecule has 0 aliphatic carbocycles. The van der Waals surface area contributed by atoms with E-state index in [1.807, 2.05) is 0 Å². The fourth-order valence-corrected chi connectivity index (χ4v) is 2.34. The Morgan fingerprint density at radius 2 is 1.31 bits per heavy atom. The minimum atomic E-state index is -1.66. The van der Waals surface area contributed by atoms with Gasteiger partial charge in [-0.2, -0.15) is 0 Å². The topological polar surface area (TPSA) is 52.6 Å². The molecule has 0 N–H and O–H groups in total. The summed E-state index contributed by atoms with van der Waals surface area (Å²) < 4.78 is 9.66. The average Bonchev–Trinajstić information content (AvgIpc) is 2.13. The van der Waals surface area contributed by atoms with E-state index in [9.17, 15) is 9.59 Å². The van der Waals surface area contributed by atoms with Gasteiger partial charge >= 0.3 is 88.2 Å². The molecule has 0 spiro atoms. The average molecular weight is 291 g/mol. The SMILES string of the molecule is O=C1CCCCCCC(=O)[O][Sn][O]1. The fourth-order valence-electron chi connectivity index (χ4n) is 1.11. The summed E-state index contributed by atoms with van der Waals surface area (Å²) >= 11 is -1.66. The Morgan fingerprint density at radius 1 is 0.846 bits per heavy atom. The van der Waals surface area contributed by atoms with E-state index < -0.39 is 22.0 Å². The number of hydrogen-bond acceptors (Lipinski definition) is 4. The first-order chi connectivity index (χ1) is 6.29. The molecule has 1 heterocycles. The maximum absolute atomic E-state index is 10.9. The van der Waals surface area contributed by atoms with Crippen molar-refractivity contribution in [1.29, 1.82) is 0 Å². The van der Waals surface area contributed by atoms with E-state index in [4.69, 9.17) is 6.15 Å². The molecule has 0 unspecified atom stereocenters. The van der Waals surface area contributed by atoms with Gasteiger partial charge in [0.15, 0.2) is 0 Å². The summed E-state index contributed by atoms with van der Waals surface area (Å²) in [6.07, 6.45) is 4.66. The van der Waals surface area contributed by atoms with Crippen LogP contribution in [0.25, 0.3) is 0 Å². The summed E-state index contributed by atoms with van der Waals surface area (Å²) in [7, 11) is 0. The van der Waals surface area contributed by atoms with Crippen LogP contribution in [0.15, 0.2) is 0 Å². The van der Waals surface area contributed by atoms with Crippen LogP contribution >= 0.6 is 0 Å². The van der Waals surface area contributed by atoms with Crippen LogP contribution < -0.4 is 0 Å². The molecule has 72 valence electrons. The van der Waals surface area contributed by atoms with E-state index in [-0.39, 0.29) is 11.9 Å². The molecule has 1 fully saturated rings. The zero-order valence-electron chi connectivity index (χ0n) is 7.38. The van der Waals surface area contributed by atoms with Crippen molar-refractivity contribution in [3.05, 3.63) is 0 Å². The zero-order valence-corrected chi connectivity index (χ0v) is 10.2. The zero-order chi connectivity index (χ0) is 9.52. The first-order valence-electron chi connectivity index (χ1n) is 4.43. The molecule has 4 nitrogen and oxygen atoms in total. The molecular formula is C8H12O4Sn. The van der Waals surface area contributed by atoms with Gasteiger partial charge in [0.2, 0.25) is 0 Å². The normalized spacial score (nSPS) is 21.2. The molecule has 0 aromatic heterocycles. The third-order valence-electron chi connectivity index (χ3n) is 1.82. The Labute approximate surface area is 88.3 Å². The summed E-state index contributed by atoms with van der Waals surface area (Å²) in [6.45, 7) is 0. The van der Waals surface area contributed by atoms with Crippen molar-refractivity contribution in [3.63, 3.8) is 0 Å². The van der Waals surface area contributed by atoms with Crippen molar-refractivity contribution in [1.82, 2.24) is 0 Å². The Kier molecular flexibility index (Phi) is 5.19. The van der Waals surface area contributed by atoms with Crippen LogP contribution in [-0.2, 0) is 15.7 Å². The summed E-state index contributed by atoms with van der Waals surface area (Å²) in [4.78, 5) is 21.9. The first kappa shape index (κ1) is 10.8. The number of hydrogen-bond donors (Lipinski definition) is 0. The minimum absolute atomic E-state index is 0.207. The van der Waals surface area contributed by atoms with Crippen LogP contribution in [0.1, 0.15) is 38.5 Å². The van der Waals surface area contributed by atoms with Crippen molar-refractivity contribution in [2.75, 3.05) is 0 Å². The van der Waals surface area contributed by atoms with E-state index in [0.29, 0.717) is 12.8 Å². The third kappa shape index (κ3) is 5.13. The molecule has 1 aliphatic rings. The van der Waals surface area contributed by atoms with Gasteiger partial charge < -0.3 is 0 Å². The van der Waals surface area contributed by atoms with Crippen molar-refractivity contribution in [2.45, 2.75) is 38.5 Å². The van der Waals surface area contributed by atoms with Crippen LogP contribution in [0.3, 0.4) is 0 Å². The predicted octanol–water partition coefficient (Wildman–Crippen LogP) is 0.961. The van der Waals surface area contributed by atoms with Gasteiger partial charge in [-0.25, -0.2) is 0 Å². The third-order valence-corrected chi connectivity index (χ3v) is 3.60. The number of carbonyl (C=O) groups is 2. The summed E-state index contributed by atoms with van der Waals surface area (Å²) in [6, 6.07) is 0. The van der Waals surface area contributed by atoms with Gasteiger partial charge in [-0.1, -0.05) is 0 Å². The van der Waals surface area contributed by atoms with Gasteiger partial charge in [0, 0.05) is 0 Å². The molecule has 0 bridgehead atoms. The van der Waals surface area contributed by atoms with Gasteiger partial charge in [0.1, 0.15) is 0 Å². The molecule has 0 saturated carbocycles. The van der Waals surface area contributed by atoms with E-state index in [1.54, 1.807) is 0 Å². The molecule has 0 atom stereocenters. The van der Waals surface area contributed by atoms with E-state index in [2.05, 4.69) is 0 Å². The van der Waals surface area contributed by atoms with Crippen molar-refractivity contribution in [2.24, 2.45) is 0 Å². The number of rotatable bonds is 0. The maximum atomic E-state index is 10.9. The Morgan fingerprint density at radius 3 is 1.77 bits per heavy atom. The molecule has 0 aromatic carbocycles. The van der Waals surface area contributed by atoms with Crippen LogP contribution in [-0.4, -0.2) is 33.9 Å². The molecule has 5 heteroatoms. The second kappa shape index (κ2) is 6.23. The molecule has 1 saturated heterocycles. The molecule has 1 rings (SSSR count). The quantitative estimate of drug-likeness (QED) is 0.624. The molecule has 0 aromatic rings. The van der Waals surface area contributed by atoms with Crippen LogP contribution in [0.5, 0.6) is 0 Å². The van der Waals surface area contributed by atoms with E-state index in [1.165, 1.54) is 0 Å². The second-order valence-electron chi connectivity index (χ2n) is 2.95. The van der Waals surface area contributed by atoms with E-state index in [0.717, 1.165) is 25.7 Å². The van der Waals surface area contributed by atoms with Crippen molar-refractivity contribution in [3.8, 4) is 0 Å². The van der Waals surface area contributed by atoms with E-state index >= 15 is 0 Å². The van der Waals surface area contributed by atoms with Gasteiger partial charge in [-0.15, -0.1) is 0 Å². The predicted molar refractivity (Wildman–Crippen MR) is 45.6 cm³/mol. The van der Waals surface area contributed by atoms with Crippen molar-refractivity contribution < 1.29 is 15.7 Å². The van der Waals surface area contributed by atoms with Gasteiger partial charge in [0.05, 0.1) is 0 Å². The first-order valence-corrected chi connectivity index (χ1v) is 6.76. The van der Waals surface area contributed by atoms with Gasteiger partial charge in [-0.3, -0.25) is 0 Å². The van der Waals surface area contributed by atoms with Gasteiger partial charge in [-0.05, 0) is 0 Å². The fraction of sp³-hybridized carbons (Fsp3) is 0.750. The molecule has 0 amide bonds. The molecule has 1 aliphatic heterocycles. The van der Waals surface area contributed by atoms with Crippen LogP contribution in [0.4, 0.5) is 0 Å². The molecule has 2 radical (unpaired) electrons. The van der Waals surface area contributed by atoms with Crippen LogP contribution in [0.2, 0.25) is 0 Å². The molecule has 13 heavy (non-hydrogen) atoms. The van der Waals surface area contributed by atoms with Crippen LogP contribution in [0, 0.1) is 0 Å². The summed E-state index contributed by atoms with van der Waals surface area (Å²) in [5.41, 5.74) is 0. The summed E-state index contributed by atoms with van der Waals surface area (Å²) in [5.74, 6) is -0.414. The Hall–Kier alpha value is -0.261. The van der Waals surface area contributed by atoms with Gasteiger partial charge in [0.25, 0.3) is 0 Å². The second-order valence-corrected chi connectivity index (χ2v) is 4.59. The number of carbonyl (C=O) groups excluding carboxylic acids is 2. The standard InChI is InChI=1S/C8H14O4.Sn/c9-7(10)5-3-1-2-4-6-8(11)12;/h1-6H2,(H,9,10)(H,11,12);/q;+2/p-2. The summed E-state index contributed by atoms with van der Waals surface area (Å²) in [5, 5.41) is 0. The Bertz CT molecular complexity index is 173. The van der Waals surface area contributed by atoms with Crippen molar-refractivity contribution >= 4 is 33.9 Å². The molecular weight excluding hydrogens is 279 g/mol.